The Morgan fingerprint density at radius 1 is 0.971 bits per heavy atom. The highest BCUT2D eigenvalue weighted by Gasteiger charge is 2.28. The van der Waals surface area contributed by atoms with Gasteiger partial charge >= 0.3 is 0 Å². The fraction of sp³-hybridized carbons (Fsp3) is 0.296. The Bertz CT molecular complexity index is 1240. The summed E-state index contributed by atoms with van der Waals surface area (Å²) in [6, 6.07) is 20.9. The molecule has 1 N–H and O–H groups in total. The van der Waals surface area contributed by atoms with Gasteiger partial charge in [-0.05, 0) is 93.1 Å². The van der Waals surface area contributed by atoms with Crippen LogP contribution >= 0.6 is 0 Å². The summed E-state index contributed by atoms with van der Waals surface area (Å²) < 4.78 is 34.2. The summed E-state index contributed by atoms with van der Waals surface area (Å²) in [5, 5.41) is 2.82. The molecule has 0 unspecified atom stereocenters. The third-order valence-electron chi connectivity index (χ3n) is 5.99. The highest BCUT2D eigenvalue weighted by molar-refractivity contribution is 7.92. The average Bonchev–Trinajstić information content (AvgIpc) is 3.34. The molecule has 0 aromatic heterocycles. The van der Waals surface area contributed by atoms with E-state index in [1.807, 2.05) is 38.1 Å². The van der Waals surface area contributed by atoms with Crippen molar-refractivity contribution in [3.05, 3.63) is 83.9 Å². The fourth-order valence-corrected chi connectivity index (χ4v) is 5.65. The Labute approximate surface area is 201 Å². The van der Waals surface area contributed by atoms with Crippen LogP contribution in [-0.4, -0.2) is 27.0 Å². The lowest BCUT2D eigenvalue weighted by Crippen LogP contribution is -2.38. The van der Waals surface area contributed by atoms with E-state index in [9.17, 15) is 13.2 Å². The SMILES string of the molecule is Cc1ccc(C)c(N(CC(=O)Nc2ccc(OC3CCCC3)cc2)S(=O)(=O)c2ccccc2)c1. The zero-order valence-electron chi connectivity index (χ0n) is 19.5. The monoisotopic (exact) mass is 478 g/mol. The Balaban J connectivity index is 1.54. The lowest BCUT2D eigenvalue weighted by atomic mass is 10.1. The van der Waals surface area contributed by atoms with Crippen LogP contribution in [0.3, 0.4) is 0 Å². The van der Waals surface area contributed by atoms with E-state index in [2.05, 4.69) is 5.32 Å². The van der Waals surface area contributed by atoms with Crippen LogP contribution in [0.4, 0.5) is 11.4 Å². The first-order chi connectivity index (χ1) is 16.3. The van der Waals surface area contributed by atoms with Gasteiger partial charge in [-0.2, -0.15) is 0 Å². The van der Waals surface area contributed by atoms with Crippen molar-refractivity contribution in [3.8, 4) is 5.75 Å². The molecule has 0 saturated heterocycles. The molecule has 3 aromatic carbocycles. The Morgan fingerprint density at radius 2 is 1.65 bits per heavy atom. The maximum Gasteiger partial charge on any atom is 0.264 e. The first-order valence-corrected chi connectivity index (χ1v) is 13.0. The molecule has 0 atom stereocenters. The minimum Gasteiger partial charge on any atom is -0.490 e. The summed E-state index contributed by atoms with van der Waals surface area (Å²) in [4.78, 5) is 13.1. The van der Waals surface area contributed by atoms with E-state index in [0.717, 1.165) is 29.7 Å². The molecule has 1 fully saturated rings. The molecule has 1 aliphatic rings. The van der Waals surface area contributed by atoms with Gasteiger partial charge in [-0.1, -0.05) is 30.3 Å². The van der Waals surface area contributed by atoms with E-state index in [4.69, 9.17) is 4.74 Å². The van der Waals surface area contributed by atoms with Crippen molar-refractivity contribution in [2.45, 2.75) is 50.5 Å². The number of nitrogens with zero attached hydrogens (tertiary/aromatic N) is 1. The van der Waals surface area contributed by atoms with Crippen molar-refractivity contribution in [1.29, 1.82) is 0 Å². The van der Waals surface area contributed by atoms with Crippen LogP contribution in [0.15, 0.2) is 77.7 Å². The number of aryl methyl sites for hydroxylation is 2. The minimum atomic E-state index is -3.95. The van der Waals surface area contributed by atoms with Gasteiger partial charge in [-0.15, -0.1) is 0 Å². The summed E-state index contributed by atoms with van der Waals surface area (Å²) >= 11 is 0. The molecule has 0 radical (unpaired) electrons. The van der Waals surface area contributed by atoms with Crippen molar-refractivity contribution >= 4 is 27.3 Å². The van der Waals surface area contributed by atoms with Crippen molar-refractivity contribution in [3.63, 3.8) is 0 Å². The van der Waals surface area contributed by atoms with Gasteiger partial charge in [-0.3, -0.25) is 9.10 Å². The maximum atomic E-state index is 13.5. The third-order valence-corrected chi connectivity index (χ3v) is 7.77. The number of carbonyl (C=O) groups is 1. The number of nitrogens with one attached hydrogen (secondary N) is 1. The quantitative estimate of drug-likeness (QED) is 0.467. The van der Waals surface area contributed by atoms with Crippen molar-refractivity contribution in [2.24, 2.45) is 0 Å². The van der Waals surface area contributed by atoms with Gasteiger partial charge < -0.3 is 10.1 Å². The van der Waals surface area contributed by atoms with E-state index >= 15 is 0 Å². The number of benzene rings is 3. The number of anilines is 2. The van der Waals surface area contributed by atoms with E-state index in [1.165, 1.54) is 29.3 Å². The van der Waals surface area contributed by atoms with E-state index in [-0.39, 0.29) is 17.5 Å². The molecule has 0 bridgehead atoms. The zero-order chi connectivity index (χ0) is 24.1. The highest BCUT2D eigenvalue weighted by atomic mass is 32.2. The van der Waals surface area contributed by atoms with Gasteiger partial charge in [0.2, 0.25) is 5.91 Å². The predicted molar refractivity (Wildman–Crippen MR) is 135 cm³/mol. The lowest BCUT2D eigenvalue weighted by molar-refractivity contribution is -0.114. The van der Waals surface area contributed by atoms with Crippen LogP contribution < -0.4 is 14.4 Å². The van der Waals surface area contributed by atoms with Gasteiger partial charge in [0.15, 0.2) is 0 Å². The topological polar surface area (TPSA) is 75.7 Å². The molecule has 1 aliphatic carbocycles. The van der Waals surface area contributed by atoms with Crippen LogP contribution in [0.1, 0.15) is 36.8 Å². The fourth-order valence-electron chi connectivity index (χ4n) is 4.15. The molecule has 0 heterocycles. The second kappa shape index (κ2) is 10.3. The van der Waals surface area contributed by atoms with Gasteiger partial charge in [0.25, 0.3) is 10.0 Å². The molecule has 7 heteroatoms. The first kappa shape index (κ1) is 23.8. The number of ether oxygens (including phenoxy) is 1. The predicted octanol–water partition coefficient (Wildman–Crippen LogP) is 5.46. The number of hydrogen-bond donors (Lipinski definition) is 1. The molecule has 178 valence electrons. The van der Waals surface area contributed by atoms with Gasteiger partial charge in [-0.25, -0.2) is 8.42 Å². The minimum absolute atomic E-state index is 0.136. The molecule has 1 saturated carbocycles. The Morgan fingerprint density at radius 3 is 2.32 bits per heavy atom. The second-order valence-electron chi connectivity index (χ2n) is 8.71. The lowest BCUT2D eigenvalue weighted by Gasteiger charge is -2.26. The summed E-state index contributed by atoms with van der Waals surface area (Å²) in [5.41, 5.74) is 2.75. The van der Waals surface area contributed by atoms with Gasteiger partial charge in [0.1, 0.15) is 12.3 Å². The summed E-state index contributed by atoms with van der Waals surface area (Å²) in [5.74, 6) is 0.346. The summed E-state index contributed by atoms with van der Waals surface area (Å²) in [6.07, 6.45) is 4.80. The Hall–Kier alpha value is -3.32. The molecule has 6 nitrogen and oxygen atoms in total. The van der Waals surface area contributed by atoms with E-state index < -0.39 is 15.9 Å². The van der Waals surface area contributed by atoms with Gasteiger partial charge in [0, 0.05) is 5.69 Å². The smallest absolute Gasteiger partial charge is 0.264 e. The zero-order valence-corrected chi connectivity index (χ0v) is 20.3. The molecule has 0 spiro atoms. The first-order valence-electron chi connectivity index (χ1n) is 11.5. The molecular formula is C27H30N2O4S. The number of amides is 1. The largest absolute Gasteiger partial charge is 0.490 e. The maximum absolute atomic E-state index is 13.5. The van der Waals surface area contributed by atoms with Crippen LogP contribution in [0.5, 0.6) is 5.75 Å². The standard InChI is InChI=1S/C27H30N2O4S/c1-20-12-13-21(2)26(18-20)29(34(31,32)25-10-4-3-5-11-25)19-27(30)28-22-14-16-24(17-15-22)33-23-8-6-7-9-23/h3-5,10-18,23H,6-9,19H2,1-2H3,(H,28,30). The number of hydrogen-bond acceptors (Lipinski definition) is 4. The van der Waals surface area contributed by atoms with E-state index in [0.29, 0.717) is 11.4 Å². The molecule has 3 aromatic rings. The van der Waals surface area contributed by atoms with Crippen molar-refractivity contribution in [2.75, 3.05) is 16.2 Å². The van der Waals surface area contributed by atoms with Crippen molar-refractivity contribution < 1.29 is 17.9 Å². The highest BCUT2D eigenvalue weighted by Crippen LogP contribution is 2.28. The molecule has 4 rings (SSSR count). The number of sulfonamides is 1. The second-order valence-corrected chi connectivity index (χ2v) is 10.6. The van der Waals surface area contributed by atoms with Gasteiger partial charge in [0.05, 0.1) is 16.7 Å². The van der Waals surface area contributed by atoms with E-state index in [1.54, 1.807) is 36.4 Å². The normalized spacial score (nSPS) is 14.1. The summed E-state index contributed by atoms with van der Waals surface area (Å²) in [7, 11) is -3.95. The molecular weight excluding hydrogens is 448 g/mol. The molecule has 1 amide bonds. The van der Waals surface area contributed by atoms with Crippen LogP contribution in [0.25, 0.3) is 0 Å². The van der Waals surface area contributed by atoms with Crippen LogP contribution in [-0.2, 0) is 14.8 Å². The molecule has 0 aliphatic heterocycles. The third kappa shape index (κ3) is 5.59. The average molecular weight is 479 g/mol. The van der Waals surface area contributed by atoms with Crippen molar-refractivity contribution in [1.82, 2.24) is 0 Å². The number of rotatable bonds is 8. The van der Waals surface area contributed by atoms with Crippen LogP contribution in [0, 0.1) is 13.8 Å². The number of carbonyl (C=O) groups excluding carboxylic acids is 1. The Kier molecular flexibility index (Phi) is 7.22. The summed E-state index contributed by atoms with van der Waals surface area (Å²) in [6.45, 7) is 3.39. The molecule has 34 heavy (non-hydrogen) atoms. The van der Waals surface area contributed by atoms with Crippen LogP contribution in [0.2, 0.25) is 0 Å².